The molecular weight excluding hydrogens is 245 g/mol. The molecule has 0 fully saturated rings. The average Bonchev–Trinajstić information content (AvgIpc) is 2.18. The van der Waals surface area contributed by atoms with Crippen LogP contribution >= 0.6 is 7.82 Å². The lowest BCUT2D eigenvalue weighted by Crippen LogP contribution is -2.22. The van der Waals surface area contributed by atoms with Crippen molar-refractivity contribution in [3.05, 3.63) is 29.8 Å². The van der Waals surface area contributed by atoms with E-state index in [2.05, 4.69) is 4.52 Å². The number of hydrogen-bond donors (Lipinski definition) is 2. The third kappa shape index (κ3) is 4.99. The SMILES string of the molecule is CC(Cc1ccc(OP(=O)([O-])O)cc1)C(N)=O. The van der Waals surface area contributed by atoms with E-state index in [-0.39, 0.29) is 11.7 Å². The van der Waals surface area contributed by atoms with Crippen molar-refractivity contribution in [3.8, 4) is 5.75 Å². The standard InChI is InChI=1S/C10H14NO5P/c1-7(10(11)12)6-8-2-4-9(5-3-8)16-17(13,14)15/h2-5,7H,6H2,1H3,(H2,11,12)(H2,13,14,15)/p-1. The first-order chi connectivity index (χ1) is 7.78. The van der Waals surface area contributed by atoms with Crippen molar-refractivity contribution >= 4 is 13.7 Å². The minimum absolute atomic E-state index is 0.0151. The lowest BCUT2D eigenvalue weighted by atomic mass is 10.0. The highest BCUT2D eigenvalue weighted by Gasteiger charge is 2.10. The number of carbonyl (C=O) groups is 1. The first-order valence-electron chi connectivity index (χ1n) is 4.89. The largest absolute Gasteiger partial charge is 0.746 e. The van der Waals surface area contributed by atoms with Crippen molar-refractivity contribution in [2.75, 3.05) is 0 Å². The lowest BCUT2D eigenvalue weighted by molar-refractivity contribution is -0.211. The van der Waals surface area contributed by atoms with Crippen LogP contribution in [0.25, 0.3) is 0 Å². The summed E-state index contributed by atoms with van der Waals surface area (Å²) in [5.41, 5.74) is 5.94. The van der Waals surface area contributed by atoms with Gasteiger partial charge in [-0.05, 0) is 24.1 Å². The third-order valence-corrected chi connectivity index (χ3v) is 2.61. The van der Waals surface area contributed by atoms with E-state index in [9.17, 15) is 14.3 Å². The van der Waals surface area contributed by atoms with Crippen LogP contribution in [0.4, 0.5) is 0 Å². The predicted octanol–water partition coefficient (Wildman–Crippen LogP) is 0.190. The molecule has 1 aromatic rings. The first kappa shape index (κ1) is 13.7. The molecule has 1 aromatic carbocycles. The van der Waals surface area contributed by atoms with Gasteiger partial charge in [0, 0.05) is 5.92 Å². The zero-order valence-electron chi connectivity index (χ0n) is 9.20. The second kappa shape index (κ2) is 5.31. The molecule has 2 atom stereocenters. The van der Waals surface area contributed by atoms with Gasteiger partial charge in [-0.25, -0.2) is 0 Å². The zero-order chi connectivity index (χ0) is 13.1. The normalized spacial score (nSPS) is 15.9. The Balaban J connectivity index is 2.68. The van der Waals surface area contributed by atoms with E-state index in [0.29, 0.717) is 6.42 Å². The van der Waals surface area contributed by atoms with E-state index in [4.69, 9.17) is 10.6 Å². The van der Waals surface area contributed by atoms with Crippen molar-refractivity contribution in [3.63, 3.8) is 0 Å². The van der Waals surface area contributed by atoms with Gasteiger partial charge in [0.2, 0.25) is 5.91 Å². The van der Waals surface area contributed by atoms with E-state index in [0.717, 1.165) is 5.56 Å². The summed E-state index contributed by atoms with van der Waals surface area (Å²) in [4.78, 5) is 29.8. The number of benzene rings is 1. The molecule has 0 saturated carbocycles. The molecule has 0 aliphatic heterocycles. The molecule has 17 heavy (non-hydrogen) atoms. The summed E-state index contributed by atoms with van der Waals surface area (Å²) in [7, 11) is -4.77. The van der Waals surface area contributed by atoms with Crippen LogP contribution in [0, 0.1) is 5.92 Å². The maximum atomic E-state index is 10.8. The second-order valence-electron chi connectivity index (χ2n) is 3.71. The Kier molecular flexibility index (Phi) is 4.28. The van der Waals surface area contributed by atoms with E-state index in [1.807, 2.05) is 0 Å². The number of hydrogen-bond acceptors (Lipinski definition) is 4. The molecule has 0 aliphatic rings. The highest BCUT2D eigenvalue weighted by molar-refractivity contribution is 7.45. The van der Waals surface area contributed by atoms with Crippen LogP contribution in [0.1, 0.15) is 12.5 Å². The van der Waals surface area contributed by atoms with Gasteiger partial charge in [-0.2, -0.15) is 0 Å². The second-order valence-corrected chi connectivity index (χ2v) is 4.83. The Morgan fingerprint density at radius 1 is 1.53 bits per heavy atom. The Morgan fingerprint density at radius 2 is 2.06 bits per heavy atom. The predicted molar refractivity (Wildman–Crippen MR) is 59.0 cm³/mol. The van der Waals surface area contributed by atoms with Crippen LogP contribution in [-0.4, -0.2) is 10.8 Å². The Morgan fingerprint density at radius 3 is 2.47 bits per heavy atom. The van der Waals surface area contributed by atoms with Gasteiger partial charge in [0.1, 0.15) is 5.75 Å². The van der Waals surface area contributed by atoms with Crippen LogP contribution in [-0.2, 0) is 15.8 Å². The molecule has 94 valence electrons. The molecule has 2 unspecified atom stereocenters. The smallest absolute Gasteiger partial charge is 0.317 e. The number of rotatable bonds is 5. The van der Waals surface area contributed by atoms with Crippen LogP contribution < -0.4 is 15.2 Å². The number of phosphoric ester groups is 1. The highest BCUT2D eigenvalue weighted by atomic mass is 31.2. The number of phosphoric acid groups is 1. The van der Waals surface area contributed by atoms with Gasteiger partial charge < -0.3 is 20.0 Å². The molecule has 0 aromatic heterocycles. The topological polar surface area (TPSA) is 113 Å². The van der Waals surface area contributed by atoms with Crippen LogP contribution in [0.3, 0.4) is 0 Å². The molecule has 0 heterocycles. The van der Waals surface area contributed by atoms with Crippen molar-refractivity contribution in [2.24, 2.45) is 11.7 Å². The molecule has 0 bridgehead atoms. The fourth-order valence-electron chi connectivity index (χ4n) is 1.27. The quantitative estimate of drug-likeness (QED) is 0.732. The Labute approximate surface area is 98.6 Å². The summed E-state index contributed by atoms with van der Waals surface area (Å²) < 4.78 is 14.7. The molecule has 1 rings (SSSR count). The molecular formula is C10H13NO5P-. The summed E-state index contributed by atoms with van der Waals surface area (Å²) >= 11 is 0. The van der Waals surface area contributed by atoms with E-state index in [1.54, 1.807) is 19.1 Å². The van der Waals surface area contributed by atoms with E-state index in [1.165, 1.54) is 12.1 Å². The molecule has 1 amide bonds. The van der Waals surface area contributed by atoms with Gasteiger partial charge >= 0.3 is 7.82 Å². The summed E-state index contributed by atoms with van der Waals surface area (Å²) in [6.07, 6.45) is 0.462. The molecule has 3 N–H and O–H groups in total. The van der Waals surface area contributed by atoms with Gasteiger partial charge in [-0.15, -0.1) is 0 Å². The number of primary amides is 1. The van der Waals surface area contributed by atoms with Gasteiger partial charge in [-0.1, -0.05) is 19.1 Å². The Bertz CT molecular complexity index is 439. The van der Waals surface area contributed by atoms with Gasteiger partial charge in [0.05, 0.1) is 0 Å². The van der Waals surface area contributed by atoms with Crippen LogP contribution in [0.15, 0.2) is 24.3 Å². The van der Waals surface area contributed by atoms with Crippen molar-refractivity contribution < 1.29 is 23.7 Å². The summed E-state index contributed by atoms with van der Waals surface area (Å²) in [6, 6.07) is 5.99. The van der Waals surface area contributed by atoms with Crippen molar-refractivity contribution in [1.29, 1.82) is 0 Å². The summed E-state index contributed by atoms with van der Waals surface area (Å²) in [5, 5.41) is 0. The van der Waals surface area contributed by atoms with Crippen molar-refractivity contribution in [1.82, 2.24) is 0 Å². The maximum Gasteiger partial charge on any atom is 0.317 e. The lowest BCUT2D eigenvalue weighted by Gasteiger charge is -2.16. The third-order valence-electron chi connectivity index (χ3n) is 2.17. The monoisotopic (exact) mass is 258 g/mol. The molecule has 7 heteroatoms. The average molecular weight is 258 g/mol. The van der Waals surface area contributed by atoms with Crippen LogP contribution in [0.2, 0.25) is 0 Å². The molecule has 0 aliphatic carbocycles. The van der Waals surface area contributed by atoms with Gasteiger partial charge in [-0.3, -0.25) is 9.36 Å². The van der Waals surface area contributed by atoms with Crippen molar-refractivity contribution in [2.45, 2.75) is 13.3 Å². The highest BCUT2D eigenvalue weighted by Crippen LogP contribution is 2.33. The van der Waals surface area contributed by atoms with E-state index < -0.39 is 13.7 Å². The number of carbonyl (C=O) groups excluding carboxylic acids is 1. The molecule has 0 radical (unpaired) electrons. The summed E-state index contributed by atoms with van der Waals surface area (Å²) in [6.45, 7) is 1.70. The minimum atomic E-state index is -4.77. The zero-order valence-corrected chi connectivity index (χ0v) is 10.1. The fourth-order valence-corrected chi connectivity index (χ4v) is 1.66. The molecule has 0 saturated heterocycles. The summed E-state index contributed by atoms with van der Waals surface area (Å²) in [5.74, 6) is -0.684. The van der Waals surface area contributed by atoms with Gasteiger partial charge in [0.15, 0.2) is 0 Å². The Hall–Kier alpha value is -1.36. The first-order valence-corrected chi connectivity index (χ1v) is 6.39. The van der Waals surface area contributed by atoms with Gasteiger partial charge in [0.25, 0.3) is 0 Å². The fraction of sp³-hybridized carbons (Fsp3) is 0.300. The molecule has 6 nitrogen and oxygen atoms in total. The number of amides is 1. The minimum Gasteiger partial charge on any atom is -0.746 e. The van der Waals surface area contributed by atoms with Crippen LogP contribution in [0.5, 0.6) is 5.75 Å². The number of nitrogens with two attached hydrogens (primary N) is 1. The maximum absolute atomic E-state index is 10.8. The molecule has 0 spiro atoms. The van der Waals surface area contributed by atoms with E-state index >= 15 is 0 Å².